The average Bonchev–Trinajstić information content (AvgIpc) is 2.51. The molecular weight excluding hydrogens is 320 g/mol. The van der Waals surface area contributed by atoms with Crippen LogP contribution in [0.25, 0.3) is 0 Å². The topological polar surface area (TPSA) is 0 Å². The first kappa shape index (κ1) is 16.3. The molecule has 3 fully saturated rings. The molecule has 3 aliphatic carbocycles. The molecule has 0 amide bonds. The predicted octanol–water partition coefficient (Wildman–Crippen LogP) is 6.96. The first-order chi connectivity index (χ1) is 10.3. The summed E-state index contributed by atoms with van der Waals surface area (Å²) in [6.45, 7) is 2.32. The Morgan fingerprint density at radius 2 is 1.48 bits per heavy atom. The highest BCUT2D eigenvalue weighted by molar-refractivity contribution is 9.09. The minimum absolute atomic E-state index is 0.838. The van der Waals surface area contributed by atoms with Gasteiger partial charge in [-0.15, -0.1) is 0 Å². The number of hydrogen-bond acceptors (Lipinski definition) is 0. The molecule has 0 bridgehead atoms. The van der Waals surface area contributed by atoms with E-state index >= 15 is 0 Å². The van der Waals surface area contributed by atoms with Gasteiger partial charge in [0.1, 0.15) is 0 Å². The van der Waals surface area contributed by atoms with Crippen molar-refractivity contribution in [2.24, 2.45) is 29.6 Å². The van der Waals surface area contributed by atoms with Crippen LogP contribution in [0.5, 0.6) is 0 Å². The van der Waals surface area contributed by atoms with Crippen LogP contribution in [-0.4, -0.2) is 4.83 Å². The average molecular weight is 355 g/mol. The van der Waals surface area contributed by atoms with E-state index in [9.17, 15) is 0 Å². The van der Waals surface area contributed by atoms with E-state index in [1.807, 2.05) is 0 Å². The smallest absolute Gasteiger partial charge is 0.0148 e. The van der Waals surface area contributed by atoms with E-state index in [1.54, 1.807) is 38.5 Å². The molecule has 0 aromatic rings. The number of alkyl halides is 1. The van der Waals surface area contributed by atoms with E-state index in [2.05, 4.69) is 22.9 Å². The Morgan fingerprint density at radius 3 is 2.24 bits per heavy atom. The summed E-state index contributed by atoms with van der Waals surface area (Å²) in [6, 6.07) is 0. The molecule has 0 aliphatic heterocycles. The van der Waals surface area contributed by atoms with Crippen molar-refractivity contribution in [2.75, 3.05) is 0 Å². The van der Waals surface area contributed by atoms with Gasteiger partial charge >= 0.3 is 0 Å². The van der Waals surface area contributed by atoms with Gasteiger partial charge in [0, 0.05) is 4.83 Å². The third-order valence-electron chi connectivity index (χ3n) is 7.05. The molecule has 0 aromatic carbocycles. The zero-order valence-corrected chi connectivity index (χ0v) is 15.6. The van der Waals surface area contributed by atoms with Crippen LogP contribution in [0, 0.1) is 29.6 Å². The largest absolute Gasteiger partial charge is 0.0891 e. The second-order valence-electron chi connectivity index (χ2n) is 8.36. The quantitative estimate of drug-likeness (QED) is 0.369. The fraction of sp³-hybridized carbons (Fsp3) is 1.00. The lowest BCUT2D eigenvalue weighted by Gasteiger charge is -2.50. The zero-order valence-electron chi connectivity index (χ0n) is 14.0. The molecule has 6 atom stereocenters. The third-order valence-corrected chi connectivity index (χ3v) is 7.88. The van der Waals surface area contributed by atoms with Crippen molar-refractivity contribution in [1.29, 1.82) is 0 Å². The molecule has 6 unspecified atom stereocenters. The lowest BCUT2D eigenvalue weighted by molar-refractivity contribution is 0.0119. The highest BCUT2D eigenvalue weighted by Crippen LogP contribution is 2.53. The van der Waals surface area contributed by atoms with Crippen molar-refractivity contribution < 1.29 is 0 Å². The molecule has 0 spiro atoms. The molecule has 0 N–H and O–H groups in total. The highest BCUT2D eigenvalue weighted by Gasteiger charge is 2.43. The maximum absolute atomic E-state index is 3.89. The lowest BCUT2D eigenvalue weighted by Crippen LogP contribution is -2.41. The van der Waals surface area contributed by atoms with Crippen LogP contribution in [-0.2, 0) is 0 Å². The van der Waals surface area contributed by atoms with E-state index in [1.165, 1.54) is 44.9 Å². The molecule has 3 rings (SSSR count). The van der Waals surface area contributed by atoms with E-state index in [0.717, 1.165) is 34.4 Å². The van der Waals surface area contributed by atoms with E-state index in [-0.39, 0.29) is 0 Å². The van der Waals surface area contributed by atoms with Crippen molar-refractivity contribution in [3.8, 4) is 0 Å². The van der Waals surface area contributed by atoms with Crippen LogP contribution >= 0.6 is 15.9 Å². The minimum Gasteiger partial charge on any atom is -0.0891 e. The molecule has 3 saturated carbocycles. The van der Waals surface area contributed by atoms with Crippen LogP contribution in [0.3, 0.4) is 0 Å². The van der Waals surface area contributed by atoms with Gasteiger partial charge in [-0.05, 0) is 74.5 Å². The summed E-state index contributed by atoms with van der Waals surface area (Å²) < 4.78 is 0. The number of unbranched alkanes of at least 4 members (excludes halogenated alkanes) is 3. The molecule has 3 aliphatic rings. The van der Waals surface area contributed by atoms with Crippen LogP contribution < -0.4 is 0 Å². The van der Waals surface area contributed by atoms with Crippen molar-refractivity contribution in [1.82, 2.24) is 0 Å². The van der Waals surface area contributed by atoms with Crippen molar-refractivity contribution >= 4 is 15.9 Å². The van der Waals surface area contributed by atoms with E-state index < -0.39 is 0 Å². The maximum Gasteiger partial charge on any atom is 0.0148 e. The standard InChI is InChI=1S/C20H35Br/c1-2-3-4-5-6-15-7-11-19-16(13-15)8-9-17-14-18(21)10-12-20(17)19/h15-20H,2-14H2,1H3. The third kappa shape index (κ3) is 4.06. The van der Waals surface area contributed by atoms with Crippen molar-refractivity contribution in [3.63, 3.8) is 0 Å². The Bertz CT molecular complexity index is 313. The monoisotopic (exact) mass is 354 g/mol. The molecule has 21 heavy (non-hydrogen) atoms. The van der Waals surface area contributed by atoms with Crippen LogP contribution in [0.4, 0.5) is 0 Å². The Labute approximate surface area is 141 Å². The van der Waals surface area contributed by atoms with Gasteiger partial charge < -0.3 is 0 Å². The second kappa shape index (κ2) is 7.84. The Balaban J connectivity index is 1.47. The molecule has 1 heteroatoms. The summed E-state index contributed by atoms with van der Waals surface area (Å²) in [5.74, 6) is 5.51. The SMILES string of the molecule is CCCCCCC1CCC2C(CCC3CC(Br)CCC32)C1. The number of rotatable bonds is 5. The highest BCUT2D eigenvalue weighted by atomic mass is 79.9. The molecule has 122 valence electrons. The van der Waals surface area contributed by atoms with Crippen molar-refractivity contribution in [3.05, 3.63) is 0 Å². The van der Waals surface area contributed by atoms with Gasteiger partial charge in [0.05, 0.1) is 0 Å². The maximum atomic E-state index is 3.89. The number of fused-ring (bicyclic) bond motifs is 3. The summed E-state index contributed by atoms with van der Waals surface area (Å²) in [7, 11) is 0. The minimum atomic E-state index is 0.838. The summed E-state index contributed by atoms with van der Waals surface area (Å²) >= 11 is 3.89. The van der Waals surface area contributed by atoms with Gasteiger partial charge in [-0.1, -0.05) is 61.4 Å². The van der Waals surface area contributed by atoms with Gasteiger partial charge in [0.25, 0.3) is 0 Å². The van der Waals surface area contributed by atoms with Gasteiger partial charge in [0.15, 0.2) is 0 Å². The fourth-order valence-electron chi connectivity index (χ4n) is 5.96. The van der Waals surface area contributed by atoms with E-state index in [4.69, 9.17) is 0 Å². The molecule has 0 radical (unpaired) electrons. The molecule has 0 aromatic heterocycles. The van der Waals surface area contributed by atoms with Crippen LogP contribution in [0.2, 0.25) is 0 Å². The first-order valence-electron chi connectivity index (χ1n) is 9.92. The molecular formula is C20H35Br. The Hall–Kier alpha value is 0.480. The van der Waals surface area contributed by atoms with Gasteiger partial charge in [0.2, 0.25) is 0 Å². The van der Waals surface area contributed by atoms with Gasteiger partial charge in [-0.3, -0.25) is 0 Å². The normalized spacial score (nSPS) is 43.1. The van der Waals surface area contributed by atoms with Crippen LogP contribution in [0.1, 0.15) is 90.4 Å². The van der Waals surface area contributed by atoms with Gasteiger partial charge in [-0.25, -0.2) is 0 Å². The van der Waals surface area contributed by atoms with Crippen molar-refractivity contribution in [2.45, 2.75) is 95.2 Å². The molecule has 0 saturated heterocycles. The fourth-order valence-corrected chi connectivity index (χ4v) is 6.70. The Kier molecular flexibility index (Phi) is 6.10. The summed E-state index contributed by atoms with van der Waals surface area (Å²) in [5.41, 5.74) is 0. The number of hydrogen-bond donors (Lipinski definition) is 0. The predicted molar refractivity (Wildman–Crippen MR) is 95.9 cm³/mol. The van der Waals surface area contributed by atoms with Gasteiger partial charge in [-0.2, -0.15) is 0 Å². The second-order valence-corrected chi connectivity index (χ2v) is 9.66. The van der Waals surface area contributed by atoms with Crippen LogP contribution in [0.15, 0.2) is 0 Å². The first-order valence-corrected chi connectivity index (χ1v) is 10.8. The summed E-state index contributed by atoms with van der Waals surface area (Å²) in [6.07, 6.45) is 19.7. The zero-order chi connectivity index (χ0) is 14.7. The molecule has 0 nitrogen and oxygen atoms in total. The number of halogens is 1. The summed E-state index contributed by atoms with van der Waals surface area (Å²) in [4.78, 5) is 0.838. The van der Waals surface area contributed by atoms with E-state index in [0.29, 0.717) is 0 Å². The Morgan fingerprint density at radius 1 is 0.762 bits per heavy atom. The summed E-state index contributed by atoms with van der Waals surface area (Å²) in [5, 5.41) is 0. The molecule has 0 heterocycles. The lowest BCUT2D eigenvalue weighted by atomic mass is 9.56.